The summed E-state index contributed by atoms with van der Waals surface area (Å²) in [6.07, 6.45) is 0. The van der Waals surface area contributed by atoms with Crippen molar-refractivity contribution < 1.29 is 0 Å². The number of halogens is 2. The first-order valence-electron chi connectivity index (χ1n) is 5.91. The van der Waals surface area contributed by atoms with E-state index >= 15 is 0 Å². The lowest BCUT2D eigenvalue weighted by atomic mass is 9.96. The van der Waals surface area contributed by atoms with Gasteiger partial charge in [0.2, 0.25) is 0 Å². The van der Waals surface area contributed by atoms with Crippen LogP contribution in [0.15, 0.2) is 54.6 Å². The summed E-state index contributed by atoms with van der Waals surface area (Å²) in [6.45, 7) is 0. The molecule has 0 N–H and O–H groups in total. The molecule has 3 rings (SSSR count). The summed E-state index contributed by atoms with van der Waals surface area (Å²) in [7, 11) is 0. The number of rotatable bonds is 2. The molecule has 1 unspecified atom stereocenters. The highest BCUT2D eigenvalue weighted by atomic mass is 79.9. The van der Waals surface area contributed by atoms with Crippen LogP contribution in [0.4, 0.5) is 0 Å². The Morgan fingerprint density at radius 1 is 0.833 bits per heavy atom. The van der Waals surface area contributed by atoms with Crippen molar-refractivity contribution in [3.63, 3.8) is 0 Å². The van der Waals surface area contributed by atoms with E-state index in [2.05, 4.69) is 86.5 Å². The smallest absolute Gasteiger partial charge is 0.0498 e. The third kappa shape index (κ3) is 1.98. The van der Waals surface area contributed by atoms with E-state index in [0.717, 1.165) is 5.33 Å². The van der Waals surface area contributed by atoms with Crippen molar-refractivity contribution in [1.82, 2.24) is 0 Å². The Morgan fingerprint density at radius 2 is 1.56 bits per heavy atom. The van der Waals surface area contributed by atoms with Gasteiger partial charge in [0.1, 0.15) is 0 Å². The average Bonchev–Trinajstić information content (AvgIpc) is 2.45. The van der Waals surface area contributed by atoms with Crippen molar-refractivity contribution in [2.75, 3.05) is 5.33 Å². The molecule has 0 saturated carbocycles. The van der Waals surface area contributed by atoms with Crippen LogP contribution < -0.4 is 0 Å². The Bertz CT molecular complexity index is 704. The quantitative estimate of drug-likeness (QED) is 0.397. The molecule has 0 saturated heterocycles. The maximum Gasteiger partial charge on any atom is 0.0498 e. The molecule has 0 aliphatic heterocycles. The van der Waals surface area contributed by atoms with Crippen molar-refractivity contribution in [3.05, 3.63) is 60.2 Å². The second-order valence-corrected chi connectivity index (χ2v) is 6.11. The SMILES string of the molecule is BrCC(Br)c1cccc2ccc3ccccc3c12. The number of fused-ring (bicyclic) bond motifs is 3. The first-order chi connectivity index (χ1) is 8.81. The van der Waals surface area contributed by atoms with E-state index in [0.29, 0.717) is 4.83 Å². The van der Waals surface area contributed by atoms with E-state index in [1.54, 1.807) is 0 Å². The zero-order chi connectivity index (χ0) is 12.5. The summed E-state index contributed by atoms with van der Waals surface area (Å²) >= 11 is 7.30. The topological polar surface area (TPSA) is 0 Å². The van der Waals surface area contributed by atoms with Crippen molar-refractivity contribution in [1.29, 1.82) is 0 Å². The third-order valence-electron chi connectivity index (χ3n) is 3.27. The molecule has 0 aliphatic rings. The largest absolute Gasteiger partial charge is 0.0912 e. The molecule has 0 aromatic heterocycles. The van der Waals surface area contributed by atoms with Gasteiger partial charge in [-0.25, -0.2) is 0 Å². The molecule has 0 fully saturated rings. The highest BCUT2D eigenvalue weighted by Crippen LogP contribution is 2.35. The van der Waals surface area contributed by atoms with Gasteiger partial charge in [-0.3, -0.25) is 0 Å². The predicted octanol–water partition coefficient (Wildman–Crippen LogP) is 5.82. The molecule has 3 aromatic carbocycles. The second kappa shape index (κ2) is 5.02. The minimum Gasteiger partial charge on any atom is -0.0912 e. The maximum atomic E-state index is 3.74. The number of alkyl halides is 2. The molecule has 0 aliphatic carbocycles. The van der Waals surface area contributed by atoms with Crippen LogP contribution in [0, 0.1) is 0 Å². The lowest BCUT2D eigenvalue weighted by Crippen LogP contribution is -1.93. The normalized spacial score (nSPS) is 13.0. The molecule has 2 heteroatoms. The van der Waals surface area contributed by atoms with Crippen LogP contribution in [0.3, 0.4) is 0 Å². The molecule has 3 aromatic rings. The van der Waals surface area contributed by atoms with Gasteiger partial charge in [0.15, 0.2) is 0 Å². The first-order valence-corrected chi connectivity index (χ1v) is 7.95. The van der Waals surface area contributed by atoms with Crippen LogP contribution in [0.1, 0.15) is 10.4 Å². The molecule has 0 spiro atoms. The Kier molecular flexibility index (Phi) is 3.40. The van der Waals surface area contributed by atoms with Gasteiger partial charge < -0.3 is 0 Å². The standard InChI is InChI=1S/C16H12Br2/c17-10-15(18)14-7-3-5-12-9-8-11-4-1-2-6-13(11)16(12)14/h1-9,15H,10H2. The van der Waals surface area contributed by atoms with Gasteiger partial charge in [-0.05, 0) is 27.1 Å². The average molecular weight is 364 g/mol. The van der Waals surface area contributed by atoms with Crippen molar-refractivity contribution in [2.45, 2.75) is 4.83 Å². The van der Waals surface area contributed by atoms with Crippen molar-refractivity contribution in [3.8, 4) is 0 Å². The van der Waals surface area contributed by atoms with E-state index in [9.17, 15) is 0 Å². The van der Waals surface area contributed by atoms with E-state index in [-0.39, 0.29) is 0 Å². The summed E-state index contributed by atoms with van der Waals surface area (Å²) in [5, 5.41) is 6.20. The molecule has 0 heterocycles. The lowest BCUT2D eigenvalue weighted by Gasteiger charge is -2.13. The lowest BCUT2D eigenvalue weighted by molar-refractivity contribution is 1.18. The molecule has 0 bridgehead atoms. The minimum atomic E-state index is 0.340. The maximum absolute atomic E-state index is 3.74. The van der Waals surface area contributed by atoms with E-state index in [4.69, 9.17) is 0 Å². The molecular formula is C16H12Br2. The highest BCUT2D eigenvalue weighted by Gasteiger charge is 2.11. The number of hydrogen-bond acceptors (Lipinski definition) is 0. The number of benzene rings is 3. The molecule has 0 radical (unpaired) electrons. The molecule has 1 atom stereocenters. The molecule has 90 valence electrons. The van der Waals surface area contributed by atoms with Crippen LogP contribution in [-0.2, 0) is 0 Å². The zero-order valence-corrected chi connectivity index (χ0v) is 12.9. The molecule has 0 nitrogen and oxygen atoms in total. The summed E-state index contributed by atoms with van der Waals surface area (Å²) in [5.74, 6) is 0. The third-order valence-corrected chi connectivity index (χ3v) is 5.61. The van der Waals surface area contributed by atoms with Crippen molar-refractivity contribution in [2.24, 2.45) is 0 Å². The van der Waals surface area contributed by atoms with Gasteiger partial charge in [-0.2, -0.15) is 0 Å². The molecule has 18 heavy (non-hydrogen) atoms. The fourth-order valence-electron chi connectivity index (χ4n) is 2.43. The first kappa shape index (κ1) is 12.2. The van der Waals surface area contributed by atoms with E-state index in [1.165, 1.54) is 27.1 Å². The van der Waals surface area contributed by atoms with Gasteiger partial charge in [-0.15, -0.1) is 0 Å². The van der Waals surface area contributed by atoms with E-state index < -0.39 is 0 Å². The van der Waals surface area contributed by atoms with Crippen LogP contribution in [0.25, 0.3) is 21.5 Å². The van der Waals surface area contributed by atoms with Gasteiger partial charge in [0, 0.05) is 10.2 Å². The summed E-state index contributed by atoms with van der Waals surface area (Å²) in [5.41, 5.74) is 1.35. The zero-order valence-electron chi connectivity index (χ0n) is 9.74. The van der Waals surface area contributed by atoms with Gasteiger partial charge in [0.05, 0.1) is 0 Å². The van der Waals surface area contributed by atoms with Gasteiger partial charge in [0.25, 0.3) is 0 Å². The Hall–Kier alpha value is -0.860. The predicted molar refractivity (Wildman–Crippen MR) is 86.9 cm³/mol. The van der Waals surface area contributed by atoms with Crippen LogP contribution in [-0.4, -0.2) is 5.33 Å². The highest BCUT2D eigenvalue weighted by molar-refractivity contribution is 9.12. The minimum absolute atomic E-state index is 0.340. The second-order valence-electron chi connectivity index (χ2n) is 4.35. The monoisotopic (exact) mass is 362 g/mol. The fraction of sp³-hybridized carbons (Fsp3) is 0.125. The van der Waals surface area contributed by atoms with Crippen molar-refractivity contribution >= 4 is 53.4 Å². The Labute approximate surface area is 123 Å². The van der Waals surface area contributed by atoms with Gasteiger partial charge >= 0.3 is 0 Å². The molecule has 0 amide bonds. The summed E-state index contributed by atoms with van der Waals surface area (Å²) < 4.78 is 0. The number of hydrogen-bond donors (Lipinski definition) is 0. The Morgan fingerprint density at radius 3 is 2.39 bits per heavy atom. The van der Waals surface area contributed by atoms with Crippen LogP contribution in [0.5, 0.6) is 0 Å². The van der Waals surface area contributed by atoms with Crippen LogP contribution in [0.2, 0.25) is 0 Å². The van der Waals surface area contributed by atoms with Crippen LogP contribution >= 0.6 is 31.9 Å². The Balaban J connectivity index is 2.46. The summed E-state index contributed by atoms with van der Waals surface area (Å²) in [6, 6.07) is 19.5. The molecular weight excluding hydrogens is 352 g/mol. The fourth-order valence-corrected chi connectivity index (χ4v) is 3.16. The van der Waals surface area contributed by atoms with E-state index in [1.807, 2.05) is 0 Å². The van der Waals surface area contributed by atoms with Gasteiger partial charge in [-0.1, -0.05) is 86.5 Å². The summed E-state index contributed by atoms with van der Waals surface area (Å²) in [4.78, 5) is 0.340.